The van der Waals surface area contributed by atoms with Crippen LogP contribution in [0.4, 0.5) is 18.9 Å². The highest BCUT2D eigenvalue weighted by atomic mass is 35.5. The van der Waals surface area contributed by atoms with Crippen molar-refractivity contribution in [1.29, 1.82) is 0 Å². The van der Waals surface area contributed by atoms with E-state index in [1.807, 2.05) is 12.2 Å². The van der Waals surface area contributed by atoms with E-state index in [4.69, 9.17) is 16.3 Å². The lowest BCUT2D eigenvalue weighted by Gasteiger charge is -2.16. The molecule has 1 N–H and O–H groups in total. The van der Waals surface area contributed by atoms with Gasteiger partial charge in [0.05, 0.1) is 16.5 Å². The summed E-state index contributed by atoms with van der Waals surface area (Å²) in [6.45, 7) is -0.553. The highest BCUT2D eigenvalue weighted by molar-refractivity contribution is 6.31. The lowest BCUT2D eigenvalue weighted by molar-refractivity contribution is -0.151. The fourth-order valence-corrected chi connectivity index (χ4v) is 2.50. The first kappa shape index (κ1) is 18.3. The third-order valence-electron chi connectivity index (χ3n) is 3.50. The number of anilines is 1. The SMILES string of the molecule is O=C(COC(=O)C1CC=CCC1)Nc1ccc(Cl)c(C(F)(F)F)c1. The number of rotatable bonds is 4. The van der Waals surface area contributed by atoms with Crippen molar-refractivity contribution in [3.8, 4) is 0 Å². The third-order valence-corrected chi connectivity index (χ3v) is 3.83. The molecule has 1 aliphatic rings. The molecule has 1 aromatic carbocycles. The molecule has 1 aromatic rings. The monoisotopic (exact) mass is 361 g/mol. The number of alkyl halides is 3. The Balaban J connectivity index is 1.90. The second-order valence-corrected chi connectivity index (χ2v) is 5.74. The van der Waals surface area contributed by atoms with Crippen LogP contribution in [0.2, 0.25) is 5.02 Å². The van der Waals surface area contributed by atoms with Crippen molar-refractivity contribution in [2.75, 3.05) is 11.9 Å². The summed E-state index contributed by atoms with van der Waals surface area (Å²) in [5, 5.41) is 1.79. The largest absolute Gasteiger partial charge is 0.455 e. The summed E-state index contributed by atoms with van der Waals surface area (Å²) < 4.78 is 43.2. The highest BCUT2D eigenvalue weighted by Crippen LogP contribution is 2.36. The minimum absolute atomic E-state index is 0.0756. The number of carbonyl (C=O) groups excluding carboxylic acids is 2. The second kappa shape index (κ2) is 7.70. The van der Waals surface area contributed by atoms with Gasteiger partial charge in [0.25, 0.3) is 5.91 Å². The quantitative estimate of drug-likeness (QED) is 0.646. The molecule has 1 amide bonds. The van der Waals surface area contributed by atoms with Crippen molar-refractivity contribution in [3.63, 3.8) is 0 Å². The van der Waals surface area contributed by atoms with E-state index < -0.39 is 35.2 Å². The number of hydrogen-bond donors (Lipinski definition) is 1. The van der Waals surface area contributed by atoms with Crippen molar-refractivity contribution < 1.29 is 27.5 Å². The molecule has 0 spiro atoms. The molecule has 0 saturated heterocycles. The van der Waals surface area contributed by atoms with Crippen LogP contribution in [-0.4, -0.2) is 18.5 Å². The topological polar surface area (TPSA) is 55.4 Å². The first-order chi connectivity index (χ1) is 11.3. The van der Waals surface area contributed by atoms with Gasteiger partial charge < -0.3 is 10.1 Å². The van der Waals surface area contributed by atoms with E-state index in [-0.39, 0.29) is 11.6 Å². The fraction of sp³-hybridized carbons (Fsp3) is 0.375. The average Bonchev–Trinajstić information content (AvgIpc) is 2.54. The maximum Gasteiger partial charge on any atom is 0.417 e. The Hall–Kier alpha value is -2.02. The van der Waals surface area contributed by atoms with Crippen LogP contribution in [0.3, 0.4) is 0 Å². The molecule has 8 heteroatoms. The number of carbonyl (C=O) groups is 2. The lowest BCUT2D eigenvalue weighted by atomic mass is 9.95. The molecule has 0 bridgehead atoms. The van der Waals surface area contributed by atoms with Gasteiger partial charge in [0.15, 0.2) is 6.61 Å². The number of halogens is 4. The van der Waals surface area contributed by atoms with Crippen LogP contribution in [0, 0.1) is 5.92 Å². The first-order valence-electron chi connectivity index (χ1n) is 7.25. The Morgan fingerprint density at radius 3 is 2.67 bits per heavy atom. The zero-order valence-electron chi connectivity index (χ0n) is 12.5. The van der Waals surface area contributed by atoms with E-state index in [1.54, 1.807) is 0 Å². The van der Waals surface area contributed by atoms with Gasteiger partial charge in [-0.25, -0.2) is 0 Å². The molecule has 1 aliphatic carbocycles. The van der Waals surface area contributed by atoms with Gasteiger partial charge in [-0.1, -0.05) is 23.8 Å². The minimum atomic E-state index is -4.63. The Kier molecular flexibility index (Phi) is 5.88. The number of ether oxygens (including phenoxy) is 1. The van der Waals surface area contributed by atoms with Gasteiger partial charge in [0.1, 0.15) is 0 Å². The molecule has 130 valence electrons. The van der Waals surface area contributed by atoms with Crippen LogP contribution in [0.15, 0.2) is 30.4 Å². The van der Waals surface area contributed by atoms with Gasteiger partial charge in [-0.15, -0.1) is 0 Å². The number of nitrogens with one attached hydrogen (secondary N) is 1. The molecule has 0 heterocycles. The number of allylic oxidation sites excluding steroid dienone is 2. The summed E-state index contributed by atoms with van der Waals surface area (Å²) in [7, 11) is 0. The number of amides is 1. The van der Waals surface area contributed by atoms with Crippen molar-refractivity contribution >= 4 is 29.2 Å². The van der Waals surface area contributed by atoms with Gasteiger partial charge in [0, 0.05) is 5.69 Å². The zero-order chi connectivity index (χ0) is 17.7. The summed E-state index contributed by atoms with van der Waals surface area (Å²) in [5.41, 5.74) is -1.12. The molecular weight excluding hydrogens is 347 g/mol. The zero-order valence-corrected chi connectivity index (χ0v) is 13.3. The number of benzene rings is 1. The average molecular weight is 362 g/mol. The summed E-state index contributed by atoms with van der Waals surface area (Å²) >= 11 is 5.50. The summed E-state index contributed by atoms with van der Waals surface area (Å²) in [4.78, 5) is 23.5. The maximum absolute atomic E-state index is 12.8. The van der Waals surface area contributed by atoms with Crippen molar-refractivity contribution in [2.45, 2.75) is 25.4 Å². The Morgan fingerprint density at radius 1 is 1.29 bits per heavy atom. The van der Waals surface area contributed by atoms with E-state index in [2.05, 4.69) is 5.32 Å². The lowest BCUT2D eigenvalue weighted by Crippen LogP contribution is -2.25. The molecule has 0 radical (unpaired) electrons. The van der Waals surface area contributed by atoms with Crippen molar-refractivity contribution in [2.24, 2.45) is 5.92 Å². The highest BCUT2D eigenvalue weighted by Gasteiger charge is 2.33. The first-order valence-corrected chi connectivity index (χ1v) is 7.63. The molecule has 4 nitrogen and oxygen atoms in total. The van der Waals surface area contributed by atoms with Gasteiger partial charge in [0.2, 0.25) is 0 Å². The van der Waals surface area contributed by atoms with Crippen LogP contribution in [0.25, 0.3) is 0 Å². The van der Waals surface area contributed by atoms with Crippen molar-refractivity contribution in [1.82, 2.24) is 0 Å². The minimum Gasteiger partial charge on any atom is -0.455 e. The Morgan fingerprint density at radius 2 is 2.04 bits per heavy atom. The summed E-state index contributed by atoms with van der Waals surface area (Å²) in [6, 6.07) is 3.01. The van der Waals surface area contributed by atoms with Crippen LogP contribution < -0.4 is 5.32 Å². The van der Waals surface area contributed by atoms with Gasteiger partial charge in [-0.05, 0) is 37.5 Å². The molecular formula is C16H15ClF3NO3. The molecule has 0 aliphatic heterocycles. The van der Waals surface area contributed by atoms with Gasteiger partial charge in [-0.3, -0.25) is 9.59 Å². The normalized spacial score (nSPS) is 17.4. The maximum atomic E-state index is 12.8. The Labute approximate surface area is 141 Å². The van der Waals surface area contributed by atoms with Crippen molar-refractivity contribution in [3.05, 3.63) is 40.9 Å². The molecule has 0 fully saturated rings. The van der Waals surface area contributed by atoms with Crippen LogP contribution in [0.1, 0.15) is 24.8 Å². The fourth-order valence-electron chi connectivity index (χ4n) is 2.28. The molecule has 1 unspecified atom stereocenters. The number of esters is 1. The summed E-state index contributed by atoms with van der Waals surface area (Å²) in [6.07, 6.45) is 1.21. The van der Waals surface area contributed by atoms with E-state index in [0.717, 1.165) is 18.6 Å². The second-order valence-electron chi connectivity index (χ2n) is 5.33. The van der Waals surface area contributed by atoms with Crippen LogP contribution in [0.5, 0.6) is 0 Å². The predicted octanol–water partition coefficient (Wildman–Crippen LogP) is 4.20. The van der Waals surface area contributed by atoms with Crippen LogP contribution >= 0.6 is 11.6 Å². The molecule has 0 aromatic heterocycles. The summed E-state index contributed by atoms with van der Waals surface area (Å²) in [5.74, 6) is -1.48. The predicted molar refractivity (Wildman–Crippen MR) is 82.5 cm³/mol. The van der Waals surface area contributed by atoms with Crippen LogP contribution in [-0.2, 0) is 20.5 Å². The Bertz CT molecular complexity index is 658. The molecule has 0 saturated carbocycles. The van der Waals surface area contributed by atoms with E-state index in [0.29, 0.717) is 12.8 Å². The molecule has 24 heavy (non-hydrogen) atoms. The molecule has 1 atom stereocenters. The smallest absolute Gasteiger partial charge is 0.417 e. The van der Waals surface area contributed by atoms with Gasteiger partial charge >= 0.3 is 12.1 Å². The standard InChI is InChI=1S/C16H15ClF3NO3/c17-13-7-6-11(8-12(13)16(18,19)20)21-14(22)9-24-15(23)10-4-2-1-3-5-10/h1-2,6-8,10H,3-5,9H2,(H,21,22). The van der Waals surface area contributed by atoms with E-state index in [1.165, 1.54) is 6.07 Å². The number of hydrogen-bond acceptors (Lipinski definition) is 3. The third kappa shape index (κ3) is 4.99. The van der Waals surface area contributed by atoms with Gasteiger partial charge in [-0.2, -0.15) is 13.2 Å². The van der Waals surface area contributed by atoms with E-state index >= 15 is 0 Å². The van der Waals surface area contributed by atoms with E-state index in [9.17, 15) is 22.8 Å². The molecule has 2 rings (SSSR count).